The molecule has 0 aliphatic carbocycles. The van der Waals surface area contributed by atoms with Gasteiger partial charge in [-0.25, -0.2) is 4.98 Å². The van der Waals surface area contributed by atoms with Crippen LogP contribution in [-0.4, -0.2) is 27.6 Å². The van der Waals surface area contributed by atoms with Crippen LogP contribution in [0.25, 0.3) is 0 Å². The molecule has 106 valence electrons. The standard InChI is InChI=1S/C13H15ClN4O2/c1-2-3-10-6-9(7-11(14)17-10)13(19)15-5-4-12-16-8-20-18-12/h6-8H,2-5H2,1H3,(H,15,19). The number of rotatable bonds is 6. The van der Waals surface area contributed by atoms with Crippen molar-refractivity contribution in [3.05, 3.63) is 40.8 Å². The summed E-state index contributed by atoms with van der Waals surface area (Å²) in [5, 5.41) is 6.79. The van der Waals surface area contributed by atoms with Crippen LogP contribution in [0.5, 0.6) is 0 Å². The minimum Gasteiger partial charge on any atom is -0.352 e. The van der Waals surface area contributed by atoms with Crippen LogP contribution in [-0.2, 0) is 12.8 Å². The summed E-state index contributed by atoms with van der Waals surface area (Å²) >= 11 is 5.92. The second kappa shape index (κ2) is 7.00. The second-order valence-electron chi connectivity index (χ2n) is 4.27. The molecule has 0 atom stereocenters. The molecule has 7 heteroatoms. The molecule has 0 saturated carbocycles. The zero-order valence-electron chi connectivity index (χ0n) is 11.1. The first-order chi connectivity index (χ1) is 9.69. The number of hydrogen-bond acceptors (Lipinski definition) is 5. The molecule has 2 heterocycles. The Hall–Kier alpha value is -1.95. The van der Waals surface area contributed by atoms with Crippen molar-refractivity contribution in [3.8, 4) is 0 Å². The second-order valence-corrected chi connectivity index (χ2v) is 4.66. The van der Waals surface area contributed by atoms with Crippen LogP contribution in [0.2, 0.25) is 5.15 Å². The van der Waals surface area contributed by atoms with Crippen LogP contribution in [0.4, 0.5) is 0 Å². The number of carbonyl (C=O) groups is 1. The van der Waals surface area contributed by atoms with Crippen LogP contribution >= 0.6 is 11.6 Å². The molecule has 0 aliphatic heterocycles. The largest absolute Gasteiger partial charge is 0.352 e. The van der Waals surface area contributed by atoms with Crippen LogP contribution in [0.15, 0.2) is 23.0 Å². The summed E-state index contributed by atoms with van der Waals surface area (Å²) in [7, 11) is 0. The molecule has 6 nitrogen and oxygen atoms in total. The third kappa shape index (κ3) is 4.03. The molecule has 0 aromatic carbocycles. The highest BCUT2D eigenvalue weighted by Crippen LogP contribution is 2.12. The van der Waals surface area contributed by atoms with E-state index in [1.165, 1.54) is 6.39 Å². The first kappa shape index (κ1) is 14.5. The van der Waals surface area contributed by atoms with Crippen LogP contribution in [0.1, 0.15) is 35.2 Å². The highest BCUT2D eigenvalue weighted by Gasteiger charge is 2.09. The highest BCUT2D eigenvalue weighted by atomic mass is 35.5. The van der Waals surface area contributed by atoms with E-state index >= 15 is 0 Å². The molecular weight excluding hydrogens is 280 g/mol. The van der Waals surface area contributed by atoms with Gasteiger partial charge in [0.1, 0.15) is 5.15 Å². The Bertz CT molecular complexity index is 572. The van der Waals surface area contributed by atoms with E-state index in [1.807, 2.05) is 6.92 Å². The molecule has 0 aliphatic rings. The smallest absolute Gasteiger partial charge is 0.251 e. The Labute approximate surface area is 121 Å². The van der Waals surface area contributed by atoms with Gasteiger partial charge in [0.15, 0.2) is 5.82 Å². The van der Waals surface area contributed by atoms with E-state index in [4.69, 9.17) is 11.6 Å². The molecule has 2 aromatic heterocycles. The Morgan fingerprint density at radius 3 is 2.95 bits per heavy atom. The maximum absolute atomic E-state index is 12.0. The van der Waals surface area contributed by atoms with Gasteiger partial charge < -0.3 is 9.84 Å². The van der Waals surface area contributed by atoms with Gasteiger partial charge in [0.05, 0.1) is 0 Å². The van der Waals surface area contributed by atoms with Gasteiger partial charge in [-0.1, -0.05) is 30.1 Å². The number of amides is 1. The minimum absolute atomic E-state index is 0.185. The van der Waals surface area contributed by atoms with Gasteiger partial charge in [-0.15, -0.1) is 0 Å². The van der Waals surface area contributed by atoms with E-state index in [-0.39, 0.29) is 5.91 Å². The van der Waals surface area contributed by atoms with Gasteiger partial charge in [-0.05, 0) is 18.6 Å². The number of pyridine rings is 1. The SMILES string of the molecule is CCCc1cc(C(=O)NCCc2ncon2)cc(Cl)n1. The average molecular weight is 295 g/mol. The molecule has 0 fully saturated rings. The fourth-order valence-electron chi connectivity index (χ4n) is 1.76. The topological polar surface area (TPSA) is 80.9 Å². The fraction of sp³-hybridized carbons (Fsp3) is 0.385. The zero-order chi connectivity index (χ0) is 14.4. The summed E-state index contributed by atoms with van der Waals surface area (Å²) in [6.07, 6.45) is 3.52. The number of halogens is 1. The van der Waals surface area contributed by atoms with Gasteiger partial charge in [-0.2, -0.15) is 4.98 Å². The molecule has 20 heavy (non-hydrogen) atoms. The predicted molar refractivity (Wildman–Crippen MR) is 73.6 cm³/mol. The molecule has 2 aromatic rings. The third-order valence-corrected chi connectivity index (χ3v) is 2.85. The Morgan fingerprint density at radius 2 is 2.25 bits per heavy atom. The van der Waals surface area contributed by atoms with Crippen molar-refractivity contribution in [2.45, 2.75) is 26.2 Å². The summed E-state index contributed by atoms with van der Waals surface area (Å²) in [6, 6.07) is 3.32. The monoisotopic (exact) mass is 294 g/mol. The lowest BCUT2D eigenvalue weighted by molar-refractivity contribution is 0.0953. The van der Waals surface area contributed by atoms with Crippen molar-refractivity contribution in [1.29, 1.82) is 0 Å². The van der Waals surface area contributed by atoms with Gasteiger partial charge in [0.2, 0.25) is 6.39 Å². The number of hydrogen-bond donors (Lipinski definition) is 1. The van der Waals surface area contributed by atoms with Crippen molar-refractivity contribution in [3.63, 3.8) is 0 Å². The third-order valence-electron chi connectivity index (χ3n) is 2.66. The van der Waals surface area contributed by atoms with Crippen LogP contribution < -0.4 is 5.32 Å². The van der Waals surface area contributed by atoms with Crippen LogP contribution in [0.3, 0.4) is 0 Å². The number of carbonyl (C=O) groups excluding carboxylic acids is 1. The Kier molecular flexibility index (Phi) is 5.06. The molecule has 0 unspecified atom stereocenters. The minimum atomic E-state index is -0.185. The molecule has 1 N–H and O–H groups in total. The quantitative estimate of drug-likeness (QED) is 0.825. The van der Waals surface area contributed by atoms with E-state index in [2.05, 4.69) is 25.0 Å². The molecular formula is C13H15ClN4O2. The summed E-state index contributed by atoms with van der Waals surface area (Å²) in [5.74, 6) is 0.375. The van der Waals surface area contributed by atoms with Gasteiger partial charge in [0, 0.05) is 24.2 Å². The van der Waals surface area contributed by atoms with E-state index < -0.39 is 0 Å². The summed E-state index contributed by atoms with van der Waals surface area (Å²) in [5.41, 5.74) is 1.34. The lowest BCUT2D eigenvalue weighted by Gasteiger charge is -2.06. The van der Waals surface area contributed by atoms with Crippen molar-refractivity contribution < 1.29 is 9.32 Å². The molecule has 0 radical (unpaired) electrons. The van der Waals surface area contributed by atoms with Crippen molar-refractivity contribution in [1.82, 2.24) is 20.4 Å². The predicted octanol–water partition coefficient (Wildman–Crippen LogP) is 2.04. The molecule has 0 saturated heterocycles. The van der Waals surface area contributed by atoms with Crippen LogP contribution in [0, 0.1) is 0 Å². The van der Waals surface area contributed by atoms with Gasteiger partial charge >= 0.3 is 0 Å². The van der Waals surface area contributed by atoms with E-state index in [0.29, 0.717) is 29.5 Å². The number of aromatic nitrogens is 3. The van der Waals surface area contributed by atoms with Crippen molar-refractivity contribution in [2.75, 3.05) is 6.54 Å². The first-order valence-electron chi connectivity index (χ1n) is 6.39. The van der Waals surface area contributed by atoms with Gasteiger partial charge in [-0.3, -0.25) is 4.79 Å². The number of nitrogens with zero attached hydrogens (tertiary/aromatic N) is 3. The normalized spacial score (nSPS) is 10.5. The Morgan fingerprint density at radius 1 is 1.40 bits per heavy atom. The molecule has 2 rings (SSSR count). The lowest BCUT2D eigenvalue weighted by atomic mass is 10.1. The maximum Gasteiger partial charge on any atom is 0.251 e. The molecule has 0 spiro atoms. The lowest BCUT2D eigenvalue weighted by Crippen LogP contribution is -2.26. The number of aryl methyl sites for hydroxylation is 1. The fourth-order valence-corrected chi connectivity index (χ4v) is 1.99. The first-order valence-corrected chi connectivity index (χ1v) is 6.76. The van der Waals surface area contributed by atoms with Crippen molar-refractivity contribution in [2.24, 2.45) is 0 Å². The Balaban J connectivity index is 1.94. The molecule has 0 bridgehead atoms. The zero-order valence-corrected chi connectivity index (χ0v) is 11.9. The summed E-state index contributed by atoms with van der Waals surface area (Å²) in [4.78, 5) is 20.1. The average Bonchev–Trinajstić information content (AvgIpc) is 2.91. The molecule has 1 amide bonds. The van der Waals surface area contributed by atoms with E-state index in [9.17, 15) is 4.79 Å². The summed E-state index contributed by atoms with van der Waals surface area (Å²) < 4.78 is 4.62. The van der Waals surface area contributed by atoms with Gasteiger partial charge in [0.25, 0.3) is 5.91 Å². The number of nitrogens with one attached hydrogen (secondary N) is 1. The van der Waals surface area contributed by atoms with E-state index in [1.54, 1.807) is 12.1 Å². The summed E-state index contributed by atoms with van der Waals surface area (Å²) in [6.45, 7) is 2.48. The highest BCUT2D eigenvalue weighted by molar-refractivity contribution is 6.29. The maximum atomic E-state index is 12.0. The van der Waals surface area contributed by atoms with Crippen molar-refractivity contribution >= 4 is 17.5 Å². The van der Waals surface area contributed by atoms with E-state index in [0.717, 1.165) is 18.5 Å².